The van der Waals surface area contributed by atoms with Crippen molar-refractivity contribution >= 4 is 25.1 Å². The Morgan fingerprint density at radius 1 is 1.00 bits per heavy atom. The zero-order valence-electron chi connectivity index (χ0n) is 30.8. The van der Waals surface area contributed by atoms with Crippen LogP contribution in [0.15, 0.2) is 84.8 Å². The van der Waals surface area contributed by atoms with Gasteiger partial charge in [-0.25, -0.2) is 32.8 Å². The van der Waals surface area contributed by atoms with Crippen LogP contribution in [0.5, 0.6) is 5.75 Å². The van der Waals surface area contributed by atoms with E-state index >= 15 is 4.39 Å². The summed E-state index contributed by atoms with van der Waals surface area (Å²) in [5.41, 5.74) is -1.63. The van der Waals surface area contributed by atoms with Crippen molar-refractivity contribution in [1.29, 1.82) is 5.26 Å². The molecule has 0 amide bonds. The van der Waals surface area contributed by atoms with Gasteiger partial charge in [-0.15, -0.1) is 11.3 Å². The minimum Gasteiger partial charge on any atom is -0.435 e. The van der Waals surface area contributed by atoms with Crippen LogP contribution in [0.25, 0.3) is 11.3 Å². The van der Waals surface area contributed by atoms with Gasteiger partial charge in [-0.1, -0.05) is 31.2 Å². The molecule has 0 spiro atoms. The van der Waals surface area contributed by atoms with Crippen LogP contribution in [-0.4, -0.2) is 43.7 Å². The summed E-state index contributed by atoms with van der Waals surface area (Å²) in [6.07, 6.45) is 2.72. The van der Waals surface area contributed by atoms with Crippen molar-refractivity contribution in [2.75, 3.05) is 6.79 Å². The molecule has 0 saturated carbocycles. The number of aromatic nitrogens is 4. The Balaban J connectivity index is 1.45. The summed E-state index contributed by atoms with van der Waals surface area (Å²) in [5, 5.41) is 15.8. The van der Waals surface area contributed by atoms with Crippen LogP contribution in [0.2, 0.25) is 0 Å². The third-order valence-corrected chi connectivity index (χ3v) is 10.7. The lowest BCUT2D eigenvalue weighted by atomic mass is 9.81. The van der Waals surface area contributed by atoms with Crippen LogP contribution in [0.3, 0.4) is 0 Å². The fourth-order valence-corrected chi connectivity index (χ4v) is 8.22. The highest BCUT2D eigenvalue weighted by Gasteiger charge is 2.45. The van der Waals surface area contributed by atoms with Gasteiger partial charge in [0.15, 0.2) is 6.79 Å². The molecule has 0 bridgehead atoms. The third kappa shape index (κ3) is 10.2. The highest BCUT2D eigenvalue weighted by Crippen LogP contribution is 2.55. The number of nitrogens with zero attached hydrogens (tertiary/aromatic N) is 5. The topological polar surface area (TPSA) is 148 Å². The highest BCUT2D eigenvalue weighted by atomic mass is 32.1. The molecular formula is C38H40F2N5O7PS. The van der Waals surface area contributed by atoms with Crippen LogP contribution >= 0.6 is 19.2 Å². The minimum absolute atomic E-state index is 0.0176. The summed E-state index contributed by atoms with van der Waals surface area (Å²) in [7, 11) is -4.18. The smallest absolute Gasteiger partial charge is 0.435 e. The summed E-state index contributed by atoms with van der Waals surface area (Å²) in [6.45, 7) is 11.1. The number of benzene rings is 3. The summed E-state index contributed by atoms with van der Waals surface area (Å²) < 4.78 is 74.4. The number of halogens is 2. The van der Waals surface area contributed by atoms with Gasteiger partial charge in [-0.3, -0.25) is 9.05 Å². The van der Waals surface area contributed by atoms with Gasteiger partial charge in [0.05, 0.1) is 45.6 Å². The predicted molar refractivity (Wildman–Crippen MR) is 196 cm³/mol. The zero-order chi connectivity index (χ0) is 39.3. The fraction of sp³-hybridized carbons (Fsp3) is 0.342. The molecule has 12 nitrogen and oxygen atoms in total. The second-order valence-corrected chi connectivity index (χ2v) is 16.6. The van der Waals surface area contributed by atoms with Crippen molar-refractivity contribution in [3.05, 3.63) is 118 Å². The fourth-order valence-electron chi connectivity index (χ4n) is 5.43. The van der Waals surface area contributed by atoms with Crippen LogP contribution < -0.4 is 4.52 Å². The summed E-state index contributed by atoms with van der Waals surface area (Å²) in [4.78, 5) is 22.3. The Morgan fingerprint density at radius 2 is 1.70 bits per heavy atom. The number of ether oxygens (including phenoxy) is 2. The summed E-state index contributed by atoms with van der Waals surface area (Å²) in [6, 6.07) is 17.9. The molecule has 0 fully saturated rings. The number of phosphoric ester groups is 1. The molecule has 2 heterocycles. The van der Waals surface area contributed by atoms with E-state index in [0.717, 1.165) is 17.7 Å². The largest absolute Gasteiger partial charge is 0.531 e. The molecule has 284 valence electrons. The van der Waals surface area contributed by atoms with Crippen molar-refractivity contribution in [3.8, 4) is 23.1 Å². The van der Waals surface area contributed by atoms with E-state index in [9.17, 15) is 19.0 Å². The van der Waals surface area contributed by atoms with Crippen LogP contribution in [0.1, 0.15) is 80.9 Å². The lowest BCUT2D eigenvalue weighted by molar-refractivity contribution is -0.148. The molecule has 0 aliphatic heterocycles. The molecule has 16 heteroatoms. The maximum Gasteiger partial charge on any atom is 0.531 e. The SMILES string of the molecule is C[C@@H](c1nc(-c2ccc(C#N)cc2)cs1)C(Cn1cncn1)(OCOC(=O)c1cccc(OP(=O)(OC(C)(C)C)OC(C)(C)C)c1)c1ccc(F)cc1F. The second-order valence-electron chi connectivity index (χ2n) is 14.3. The molecule has 54 heavy (non-hydrogen) atoms. The lowest BCUT2D eigenvalue weighted by Crippen LogP contribution is -2.42. The van der Waals surface area contributed by atoms with Gasteiger partial charge in [0, 0.05) is 28.5 Å². The molecule has 3 aromatic carbocycles. The Morgan fingerprint density at radius 3 is 2.31 bits per heavy atom. The molecule has 1 unspecified atom stereocenters. The first-order chi connectivity index (χ1) is 25.4. The van der Waals surface area contributed by atoms with Gasteiger partial charge in [-0.05, 0) is 77.9 Å². The van der Waals surface area contributed by atoms with E-state index in [2.05, 4.69) is 16.2 Å². The van der Waals surface area contributed by atoms with Gasteiger partial charge in [0.25, 0.3) is 0 Å². The number of carbonyl (C=O) groups excluding carboxylic acids is 1. The number of rotatable bonds is 14. The predicted octanol–water partition coefficient (Wildman–Crippen LogP) is 9.20. The van der Waals surface area contributed by atoms with Gasteiger partial charge >= 0.3 is 13.8 Å². The van der Waals surface area contributed by atoms with Crippen molar-refractivity contribution in [1.82, 2.24) is 19.7 Å². The normalized spacial score (nSPS) is 13.9. The highest BCUT2D eigenvalue weighted by molar-refractivity contribution is 7.49. The van der Waals surface area contributed by atoms with E-state index in [4.69, 9.17) is 28.0 Å². The number of nitriles is 1. The molecule has 0 saturated heterocycles. The van der Waals surface area contributed by atoms with E-state index in [1.54, 1.807) is 72.7 Å². The van der Waals surface area contributed by atoms with Crippen molar-refractivity contribution in [2.24, 2.45) is 0 Å². The number of phosphoric acid groups is 1. The van der Waals surface area contributed by atoms with Crippen molar-refractivity contribution in [3.63, 3.8) is 0 Å². The summed E-state index contributed by atoms with van der Waals surface area (Å²) >= 11 is 1.29. The Labute approximate surface area is 316 Å². The number of thiazole rings is 1. The number of hydrogen-bond donors (Lipinski definition) is 0. The molecule has 0 aliphatic carbocycles. The first-order valence-electron chi connectivity index (χ1n) is 16.7. The van der Waals surface area contributed by atoms with Crippen molar-refractivity contribution < 1.29 is 41.2 Å². The van der Waals surface area contributed by atoms with E-state index in [1.807, 2.05) is 5.38 Å². The Bertz CT molecular complexity index is 2140. The Kier molecular flexibility index (Phi) is 12.1. The zero-order valence-corrected chi connectivity index (χ0v) is 32.5. The van der Waals surface area contributed by atoms with E-state index in [1.165, 1.54) is 59.0 Å². The number of esters is 1. The van der Waals surface area contributed by atoms with Crippen LogP contribution in [0.4, 0.5) is 8.78 Å². The quantitative estimate of drug-likeness (QED) is 0.0604. The second kappa shape index (κ2) is 16.3. The molecule has 5 aromatic rings. The first-order valence-corrected chi connectivity index (χ1v) is 19.1. The average molecular weight is 780 g/mol. The molecule has 2 aromatic heterocycles. The van der Waals surface area contributed by atoms with Crippen LogP contribution in [0, 0.1) is 23.0 Å². The molecule has 0 aliphatic rings. The molecular weight excluding hydrogens is 739 g/mol. The minimum atomic E-state index is -4.18. The van der Waals surface area contributed by atoms with Crippen molar-refractivity contribution in [2.45, 2.75) is 77.7 Å². The van der Waals surface area contributed by atoms with Gasteiger partial charge in [0.1, 0.15) is 35.6 Å². The monoisotopic (exact) mass is 779 g/mol. The lowest BCUT2D eigenvalue weighted by Gasteiger charge is -2.38. The standard InChI is InChI=1S/C38H40F2N5O7PS/c1-25(34-44-33(20-54-34)27-13-11-26(19-41)12-14-27)38(21-45-23-42-22-43-45,31-16-15-29(39)18-32(31)40)49-24-48-35(46)28-9-8-10-30(17-28)50-53(47,51-36(2,3)4)52-37(5,6)7/h8-18,20,22-23,25H,21,24H2,1-7H3/t25-,38?/m0/s1. The maximum atomic E-state index is 15.9. The van der Waals surface area contributed by atoms with E-state index in [-0.39, 0.29) is 23.4 Å². The van der Waals surface area contributed by atoms with E-state index < -0.39 is 54.9 Å². The average Bonchev–Trinajstić information content (AvgIpc) is 3.79. The molecule has 0 N–H and O–H groups in total. The van der Waals surface area contributed by atoms with Gasteiger partial charge < -0.3 is 14.0 Å². The Hall–Kier alpha value is -4.84. The maximum absolute atomic E-state index is 15.9. The first kappa shape index (κ1) is 40.3. The molecule has 2 atom stereocenters. The number of carbonyl (C=O) groups is 1. The van der Waals surface area contributed by atoms with E-state index in [0.29, 0.717) is 16.3 Å². The van der Waals surface area contributed by atoms with Crippen LogP contribution in [-0.2, 0) is 35.2 Å². The third-order valence-electron chi connectivity index (χ3n) is 7.72. The van der Waals surface area contributed by atoms with Gasteiger partial charge in [0.2, 0.25) is 0 Å². The molecule has 0 radical (unpaired) electrons. The number of hydrogen-bond acceptors (Lipinski definition) is 12. The summed E-state index contributed by atoms with van der Waals surface area (Å²) in [5.74, 6) is -3.26. The molecule has 5 rings (SSSR count). The van der Waals surface area contributed by atoms with Gasteiger partial charge in [-0.2, -0.15) is 10.4 Å².